The summed E-state index contributed by atoms with van der Waals surface area (Å²) in [6, 6.07) is 4.96. The number of hydrogen-bond donors (Lipinski definition) is 0. The van der Waals surface area contributed by atoms with Crippen molar-refractivity contribution in [2.24, 2.45) is 7.05 Å². The lowest BCUT2D eigenvalue weighted by Gasteiger charge is -2.08. The van der Waals surface area contributed by atoms with Crippen LogP contribution in [0.5, 0.6) is 11.5 Å². The fraction of sp³-hybridized carbons (Fsp3) is 0.250. The van der Waals surface area contributed by atoms with Gasteiger partial charge in [-0.1, -0.05) is 6.92 Å². The monoisotopic (exact) mass is 427 g/mol. The molecule has 0 radical (unpaired) electrons. The maximum atomic E-state index is 13.2. The largest absolute Gasteiger partial charge is 0.586 e. The van der Waals surface area contributed by atoms with Crippen molar-refractivity contribution in [3.05, 3.63) is 28.9 Å². The van der Waals surface area contributed by atoms with Gasteiger partial charge in [0.25, 0.3) is 0 Å². The molecule has 0 spiro atoms. The zero-order valence-electron chi connectivity index (χ0n) is 13.2. The summed E-state index contributed by atoms with van der Waals surface area (Å²) in [6.45, 7) is 2.06. The summed E-state index contributed by atoms with van der Waals surface area (Å²) in [5.74, 6) is 1.52. The van der Waals surface area contributed by atoms with Crippen molar-refractivity contribution in [2.45, 2.75) is 18.1 Å². The van der Waals surface area contributed by atoms with Crippen LogP contribution in [0.15, 0.2) is 33.8 Å². The third-order valence-corrected chi connectivity index (χ3v) is 5.08. The first-order chi connectivity index (χ1) is 11.9. The number of aromatic nitrogens is 3. The molecular weight excluding hydrogens is 416 g/mol. The molecule has 1 aliphatic heterocycles. The highest BCUT2D eigenvalue weighted by atomic mass is 79.9. The van der Waals surface area contributed by atoms with E-state index >= 15 is 0 Å². The molecule has 0 unspecified atom stereocenters. The summed E-state index contributed by atoms with van der Waals surface area (Å²) in [5, 5.41) is 0. The van der Waals surface area contributed by atoms with Crippen LogP contribution in [0.25, 0.3) is 22.6 Å². The molecule has 5 nitrogen and oxygen atoms in total. The van der Waals surface area contributed by atoms with Gasteiger partial charge in [0.05, 0.1) is 11.0 Å². The van der Waals surface area contributed by atoms with E-state index in [9.17, 15) is 8.78 Å². The Labute approximate surface area is 154 Å². The Morgan fingerprint density at radius 3 is 2.68 bits per heavy atom. The van der Waals surface area contributed by atoms with Crippen LogP contribution in [-0.2, 0) is 7.05 Å². The molecule has 2 aromatic heterocycles. The number of benzene rings is 1. The third-order valence-electron chi connectivity index (χ3n) is 3.73. The van der Waals surface area contributed by atoms with Crippen molar-refractivity contribution in [3.63, 3.8) is 0 Å². The van der Waals surface area contributed by atoms with E-state index in [1.807, 2.05) is 17.7 Å². The van der Waals surface area contributed by atoms with E-state index in [4.69, 9.17) is 0 Å². The van der Waals surface area contributed by atoms with Crippen molar-refractivity contribution in [1.82, 2.24) is 14.5 Å². The predicted octanol–water partition coefficient (Wildman–Crippen LogP) is 4.83. The molecule has 1 aliphatic rings. The molecule has 0 amide bonds. The number of fused-ring (bicyclic) bond motifs is 2. The molecule has 9 heteroatoms. The molecule has 0 N–H and O–H groups in total. The molecule has 25 heavy (non-hydrogen) atoms. The molecule has 3 heterocycles. The van der Waals surface area contributed by atoms with Gasteiger partial charge in [0.2, 0.25) is 0 Å². The Kier molecular flexibility index (Phi) is 3.88. The van der Waals surface area contributed by atoms with Crippen LogP contribution in [-0.4, -0.2) is 26.6 Å². The van der Waals surface area contributed by atoms with E-state index in [-0.39, 0.29) is 11.5 Å². The van der Waals surface area contributed by atoms with Crippen LogP contribution < -0.4 is 9.47 Å². The van der Waals surface area contributed by atoms with Crippen molar-refractivity contribution < 1.29 is 18.3 Å². The smallest absolute Gasteiger partial charge is 0.395 e. The van der Waals surface area contributed by atoms with Gasteiger partial charge in [-0.3, -0.25) is 4.98 Å². The Bertz CT molecular complexity index is 993. The Balaban J connectivity index is 1.87. The minimum atomic E-state index is -3.64. The van der Waals surface area contributed by atoms with Crippen LogP contribution in [0.1, 0.15) is 6.92 Å². The number of imidazole rings is 1. The van der Waals surface area contributed by atoms with Gasteiger partial charge < -0.3 is 14.0 Å². The van der Waals surface area contributed by atoms with Crippen molar-refractivity contribution in [3.8, 4) is 23.0 Å². The molecule has 0 saturated heterocycles. The summed E-state index contributed by atoms with van der Waals surface area (Å²) in [4.78, 5) is 10.1. The lowest BCUT2D eigenvalue weighted by molar-refractivity contribution is -0.286. The maximum Gasteiger partial charge on any atom is 0.586 e. The minimum absolute atomic E-state index is 0.000952. The zero-order valence-corrected chi connectivity index (χ0v) is 15.6. The van der Waals surface area contributed by atoms with Crippen LogP contribution in [0.2, 0.25) is 0 Å². The molecule has 0 bridgehead atoms. The molecule has 0 aliphatic carbocycles. The molecule has 0 fully saturated rings. The molecule has 0 saturated carbocycles. The summed E-state index contributed by atoms with van der Waals surface area (Å²) < 4.78 is 38.2. The molecular formula is C16H12BrF2N3O2S. The summed E-state index contributed by atoms with van der Waals surface area (Å²) in [6.07, 6.45) is -1.93. The lowest BCUT2D eigenvalue weighted by atomic mass is 10.3. The molecule has 130 valence electrons. The molecule has 1 aromatic carbocycles. The van der Waals surface area contributed by atoms with Gasteiger partial charge >= 0.3 is 6.29 Å². The number of hydrogen-bond acceptors (Lipinski definition) is 5. The first kappa shape index (κ1) is 16.6. The van der Waals surface area contributed by atoms with Gasteiger partial charge in [-0.2, -0.15) is 0 Å². The van der Waals surface area contributed by atoms with Crippen molar-refractivity contribution >= 4 is 38.7 Å². The first-order valence-corrected chi connectivity index (χ1v) is 9.21. The van der Waals surface area contributed by atoms with Gasteiger partial charge in [0.15, 0.2) is 17.3 Å². The van der Waals surface area contributed by atoms with Crippen LogP contribution >= 0.6 is 27.7 Å². The second-order valence-corrected chi connectivity index (χ2v) is 7.60. The Hall–Kier alpha value is -1.87. The number of ether oxygens (including phenoxy) is 2. The summed E-state index contributed by atoms with van der Waals surface area (Å²) in [5.41, 5.74) is 1.93. The molecule has 0 atom stereocenters. The number of pyridine rings is 1. The zero-order chi connectivity index (χ0) is 17.8. The van der Waals surface area contributed by atoms with E-state index in [1.165, 1.54) is 12.1 Å². The number of thioether (sulfide) groups is 1. The van der Waals surface area contributed by atoms with Gasteiger partial charge in [-0.15, -0.1) is 20.5 Å². The normalized spacial score (nSPS) is 15.1. The van der Waals surface area contributed by atoms with E-state index < -0.39 is 6.29 Å². The number of nitrogens with zero attached hydrogens (tertiary/aromatic N) is 3. The van der Waals surface area contributed by atoms with Crippen LogP contribution in [0, 0.1) is 0 Å². The Morgan fingerprint density at radius 1 is 1.24 bits per heavy atom. The van der Waals surface area contributed by atoms with Gasteiger partial charge in [-0.25, -0.2) is 4.98 Å². The second-order valence-electron chi connectivity index (χ2n) is 5.38. The van der Waals surface area contributed by atoms with E-state index in [0.29, 0.717) is 16.9 Å². The number of halogens is 3. The first-order valence-electron chi connectivity index (χ1n) is 7.43. The quantitative estimate of drug-likeness (QED) is 0.560. The SMILES string of the molecule is CCSc1cc(Br)cnc1-c1nc2cc3c(cc2n1C)OC(F)(F)O3. The van der Waals surface area contributed by atoms with E-state index in [0.717, 1.165) is 20.8 Å². The standard InChI is InChI=1S/C16H12BrF2N3O2S/c1-3-25-13-4-8(17)7-20-14(13)15-21-9-5-11-12(6-10(9)22(15)2)24-16(18,19)23-11/h4-7H,3H2,1-2H3. The highest BCUT2D eigenvalue weighted by molar-refractivity contribution is 9.10. The molecule has 3 aromatic rings. The Morgan fingerprint density at radius 2 is 1.96 bits per heavy atom. The highest BCUT2D eigenvalue weighted by Crippen LogP contribution is 2.44. The van der Waals surface area contributed by atoms with Gasteiger partial charge in [0.1, 0.15) is 5.69 Å². The van der Waals surface area contributed by atoms with Gasteiger partial charge in [-0.05, 0) is 27.7 Å². The predicted molar refractivity (Wildman–Crippen MR) is 94.2 cm³/mol. The van der Waals surface area contributed by atoms with Crippen molar-refractivity contribution in [2.75, 3.05) is 5.75 Å². The third kappa shape index (κ3) is 2.85. The van der Waals surface area contributed by atoms with E-state index in [2.05, 4.69) is 42.3 Å². The summed E-state index contributed by atoms with van der Waals surface area (Å²) in [7, 11) is 1.81. The second kappa shape index (κ2) is 5.84. The minimum Gasteiger partial charge on any atom is -0.395 e. The van der Waals surface area contributed by atoms with Gasteiger partial charge in [0, 0.05) is 34.7 Å². The number of aryl methyl sites for hydroxylation is 1. The average molecular weight is 428 g/mol. The van der Waals surface area contributed by atoms with Crippen LogP contribution in [0.4, 0.5) is 8.78 Å². The highest BCUT2D eigenvalue weighted by Gasteiger charge is 2.43. The fourth-order valence-corrected chi connectivity index (χ4v) is 3.99. The topological polar surface area (TPSA) is 49.2 Å². The van der Waals surface area contributed by atoms with Crippen LogP contribution in [0.3, 0.4) is 0 Å². The molecule has 4 rings (SSSR count). The average Bonchev–Trinajstić information content (AvgIpc) is 3.00. The van der Waals surface area contributed by atoms with E-state index in [1.54, 1.807) is 18.0 Å². The summed E-state index contributed by atoms with van der Waals surface area (Å²) >= 11 is 5.09. The lowest BCUT2D eigenvalue weighted by Crippen LogP contribution is -2.25. The maximum absolute atomic E-state index is 13.2. The fourth-order valence-electron chi connectivity index (χ4n) is 2.70. The van der Waals surface area contributed by atoms with Crippen molar-refractivity contribution in [1.29, 1.82) is 0 Å². The number of rotatable bonds is 3. The number of alkyl halides is 2.